The molecule has 0 unspecified atom stereocenters. The van der Waals surface area contributed by atoms with Gasteiger partial charge in [0.05, 0.1) is 10.6 Å². The molecule has 8 nitrogen and oxygen atoms in total. The summed E-state index contributed by atoms with van der Waals surface area (Å²) < 4.78 is 46.1. The highest BCUT2D eigenvalue weighted by molar-refractivity contribution is 7.92. The zero-order valence-electron chi connectivity index (χ0n) is 16.2. The van der Waals surface area contributed by atoms with Gasteiger partial charge < -0.3 is 15.2 Å². The van der Waals surface area contributed by atoms with Gasteiger partial charge in [0.25, 0.3) is 10.0 Å². The number of anilines is 2. The highest BCUT2D eigenvalue weighted by atomic mass is 32.2. The van der Waals surface area contributed by atoms with E-state index in [-0.39, 0.29) is 10.9 Å². The number of carboxylic acid groups (broad SMARTS) is 1. The molecule has 1 aliphatic rings. The van der Waals surface area contributed by atoms with Gasteiger partial charge in [0.2, 0.25) is 5.91 Å². The van der Waals surface area contributed by atoms with Crippen molar-refractivity contribution >= 4 is 33.3 Å². The molecule has 1 atom stereocenters. The summed E-state index contributed by atoms with van der Waals surface area (Å²) in [7, 11) is -3.90. The van der Waals surface area contributed by atoms with Crippen LogP contribution in [0.5, 0.6) is 0 Å². The smallest absolute Gasteiger partial charge is 0.329 e. The van der Waals surface area contributed by atoms with Crippen LogP contribution in [0.3, 0.4) is 0 Å². The quantitative estimate of drug-likeness (QED) is 0.689. The molecule has 3 rings (SSSR count). The Hall–Kier alpha value is -2.98. The summed E-state index contributed by atoms with van der Waals surface area (Å²) in [6, 6.07) is 9.38. The van der Waals surface area contributed by atoms with E-state index in [1.807, 2.05) is 0 Å². The number of fused-ring (bicyclic) bond motifs is 1. The second kappa shape index (κ2) is 8.80. The number of amides is 1. The molecule has 2 N–H and O–H groups in total. The zero-order valence-corrected chi connectivity index (χ0v) is 17.0. The summed E-state index contributed by atoms with van der Waals surface area (Å²) in [5.74, 6) is -2.16. The third-order valence-corrected chi connectivity index (χ3v) is 6.61. The van der Waals surface area contributed by atoms with Crippen LogP contribution in [0.25, 0.3) is 0 Å². The van der Waals surface area contributed by atoms with Gasteiger partial charge in [0, 0.05) is 11.7 Å². The number of hydrogen-bond acceptors (Lipinski definition) is 5. The van der Waals surface area contributed by atoms with Gasteiger partial charge >= 0.3 is 5.97 Å². The summed E-state index contributed by atoms with van der Waals surface area (Å²) in [5, 5.41) is 11.0. The van der Waals surface area contributed by atoms with Gasteiger partial charge in [-0.15, -0.1) is 0 Å². The Kier molecular flexibility index (Phi) is 6.37. The molecule has 0 saturated heterocycles. The van der Waals surface area contributed by atoms with E-state index >= 15 is 0 Å². The predicted molar refractivity (Wildman–Crippen MR) is 107 cm³/mol. The lowest BCUT2D eigenvalue weighted by Crippen LogP contribution is -2.42. The Morgan fingerprint density at radius 3 is 2.57 bits per heavy atom. The van der Waals surface area contributed by atoms with E-state index in [0.29, 0.717) is 29.8 Å². The van der Waals surface area contributed by atoms with Gasteiger partial charge in [-0.05, 0) is 67.8 Å². The first-order chi connectivity index (χ1) is 14.2. The number of aryl methyl sites for hydroxylation is 1. The molecule has 0 bridgehead atoms. The Labute approximate surface area is 173 Å². The lowest BCUT2D eigenvalue weighted by Gasteiger charge is -2.36. The van der Waals surface area contributed by atoms with Gasteiger partial charge in [-0.25, -0.2) is 17.6 Å². The fourth-order valence-corrected chi connectivity index (χ4v) is 5.03. The minimum Gasteiger partial charge on any atom is -0.480 e. The van der Waals surface area contributed by atoms with Crippen LogP contribution in [0, 0.1) is 5.82 Å². The molecule has 0 fully saturated rings. The maximum absolute atomic E-state index is 13.6. The van der Waals surface area contributed by atoms with Gasteiger partial charge in [0.15, 0.2) is 0 Å². The molecular weight excluding hydrogens is 415 g/mol. The monoisotopic (exact) mass is 436 g/mol. The number of ether oxygens (including phenoxy) is 1. The van der Waals surface area contributed by atoms with Crippen molar-refractivity contribution < 1.29 is 32.2 Å². The average molecular weight is 436 g/mol. The number of aliphatic carboxylic acids is 1. The summed E-state index contributed by atoms with van der Waals surface area (Å²) in [4.78, 5) is 22.2. The van der Waals surface area contributed by atoms with Gasteiger partial charge in [-0.1, -0.05) is 0 Å². The van der Waals surface area contributed by atoms with Crippen molar-refractivity contribution in [3.8, 4) is 0 Å². The van der Waals surface area contributed by atoms with E-state index < -0.39 is 40.9 Å². The Bertz CT molecular complexity index is 1060. The van der Waals surface area contributed by atoms with E-state index in [2.05, 4.69) is 5.32 Å². The van der Waals surface area contributed by atoms with Crippen LogP contribution in [0.4, 0.5) is 15.8 Å². The van der Waals surface area contributed by atoms with Crippen LogP contribution < -0.4 is 9.62 Å². The highest BCUT2D eigenvalue weighted by Gasteiger charge is 2.34. The van der Waals surface area contributed by atoms with Crippen LogP contribution >= 0.6 is 0 Å². The summed E-state index contributed by atoms with van der Waals surface area (Å²) >= 11 is 0. The number of rotatable bonds is 7. The summed E-state index contributed by atoms with van der Waals surface area (Å²) in [6.45, 7) is 0.768. The molecule has 0 saturated carbocycles. The van der Waals surface area contributed by atoms with Gasteiger partial charge in [-0.3, -0.25) is 9.10 Å². The number of sulfonamides is 1. The highest BCUT2D eigenvalue weighted by Crippen LogP contribution is 2.35. The van der Waals surface area contributed by atoms with Crippen LogP contribution in [-0.4, -0.2) is 44.7 Å². The van der Waals surface area contributed by atoms with Gasteiger partial charge in [-0.2, -0.15) is 0 Å². The number of nitrogens with one attached hydrogen (secondary N) is 1. The molecule has 1 aliphatic heterocycles. The number of hydrogen-bond donors (Lipinski definition) is 2. The standard InChI is InChI=1S/C20H21FN2O6S/c1-13-2-3-14-10-15(21)4-9-18(14)23(13)30(27,28)17-7-5-16(6-8-17)22-19(24)11-29-12-20(25)26/h4-10,13H,2-3,11-12H2,1H3,(H,22,24)(H,25,26)/t13-/m1/s1. The van der Waals surface area contributed by atoms with E-state index in [0.717, 1.165) is 0 Å². The molecule has 1 heterocycles. The number of nitrogens with zero attached hydrogens (tertiary/aromatic N) is 1. The van der Waals surface area contributed by atoms with Crippen molar-refractivity contribution in [2.75, 3.05) is 22.8 Å². The first-order valence-corrected chi connectivity index (χ1v) is 10.6. The van der Waals surface area contributed by atoms with Crippen molar-refractivity contribution in [1.82, 2.24) is 0 Å². The molecule has 0 aliphatic carbocycles. The van der Waals surface area contributed by atoms with E-state index in [1.165, 1.54) is 46.8 Å². The van der Waals surface area contributed by atoms with Crippen molar-refractivity contribution in [3.05, 3.63) is 53.8 Å². The first kappa shape index (κ1) is 21.7. The molecular formula is C20H21FN2O6S. The lowest BCUT2D eigenvalue weighted by atomic mass is 9.99. The SMILES string of the molecule is C[C@@H]1CCc2cc(F)ccc2N1S(=O)(=O)c1ccc(NC(=O)COCC(=O)O)cc1. The topological polar surface area (TPSA) is 113 Å². The van der Waals surface area contributed by atoms with E-state index in [9.17, 15) is 22.4 Å². The maximum Gasteiger partial charge on any atom is 0.329 e. The Morgan fingerprint density at radius 2 is 1.90 bits per heavy atom. The second-order valence-electron chi connectivity index (χ2n) is 6.92. The molecule has 0 spiro atoms. The molecule has 10 heteroatoms. The molecule has 0 radical (unpaired) electrons. The summed E-state index contributed by atoms with van der Waals surface area (Å²) in [5.41, 5.74) is 1.44. The largest absolute Gasteiger partial charge is 0.480 e. The molecule has 2 aromatic rings. The zero-order chi connectivity index (χ0) is 21.9. The molecule has 160 valence electrons. The predicted octanol–water partition coefficient (Wildman–Crippen LogP) is 2.40. The maximum atomic E-state index is 13.6. The number of halogens is 1. The number of carbonyl (C=O) groups is 2. The molecule has 2 aromatic carbocycles. The van der Waals surface area contributed by atoms with E-state index in [4.69, 9.17) is 9.84 Å². The fourth-order valence-electron chi connectivity index (χ4n) is 3.31. The fraction of sp³-hybridized carbons (Fsp3) is 0.300. The van der Waals surface area contributed by atoms with Crippen molar-refractivity contribution in [2.45, 2.75) is 30.7 Å². The lowest BCUT2D eigenvalue weighted by molar-refractivity contribution is -0.143. The number of carbonyl (C=O) groups excluding carboxylic acids is 1. The van der Waals surface area contributed by atoms with Gasteiger partial charge in [0.1, 0.15) is 19.0 Å². The van der Waals surface area contributed by atoms with Crippen molar-refractivity contribution in [1.29, 1.82) is 0 Å². The first-order valence-electron chi connectivity index (χ1n) is 9.21. The Morgan fingerprint density at radius 1 is 1.20 bits per heavy atom. The van der Waals surface area contributed by atoms with Crippen molar-refractivity contribution in [2.24, 2.45) is 0 Å². The second-order valence-corrected chi connectivity index (χ2v) is 8.74. The normalized spacial score (nSPS) is 16.1. The molecule has 0 aromatic heterocycles. The number of carboxylic acids is 1. The minimum absolute atomic E-state index is 0.0339. The van der Waals surface area contributed by atoms with Crippen molar-refractivity contribution in [3.63, 3.8) is 0 Å². The minimum atomic E-state index is -3.90. The van der Waals surface area contributed by atoms with Crippen LogP contribution in [0.1, 0.15) is 18.9 Å². The molecule has 30 heavy (non-hydrogen) atoms. The van der Waals surface area contributed by atoms with Crippen LogP contribution in [0.2, 0.25) is 0 Å². The molecule has 1 amide bonds. The van der Waals surface area contributed by atoms with Crippen LogP contribution in [-0.2, 0) is 30.8 Å². The summed E-state index contributed by atoms with van der Waals surface area (Å²) in [6.07, 6.45) is 1.16. The third kappa shape index (κ3) is 4.77. The Balaban J connectivity index is 1.77. The van der Waals surface area contributed by atoms with Crippen LogP contribution in [0.15, 0.2) is 47.4 Å². The number of benzene rings is 2. The third-order valence-electron chi connectivity index (χ3n) is 4.66. The average Bonchev–Trinajstić information content (AvgIpc) is 2.68. The van der Waals surface area contributed by atoms with E-state index in [1.54, 1.807) is 6.92 Å².